The smallest absolute Gasteiger partial charge is 0.251 e. The molecule has 2 aromatic heterocycles. The summed E-state index contributed by atoms with van der Waals surface area (Å²) in [6.45, 7) is 1.33. The van der Waals surface area contributed by atoms with Gasteiger partial charge in [0, 0.05) is 22.8 Å². The third-order valence-electron chi connectivity index (χ3n) is 7.11. The molecule has 1 atom stereocenters. The van der Waals surface area contributed by atoms with Gasteiger partial charge in [-0.3, -0.25) is 9.59 Å². The molecule has 0 spiro atoms. The van der Waals surface area contributed by atoms with Crippen LogP contribution in [0.2, 0.25) is 5.02 Å². The molecule has 6 N–H and O–H groups in total. The van der Waals surface area contributed by atoms with Crippen LogP contribution in [0.1, 0.15) is 34.1 Å². The van der Waals surface area contributed by atoms with E-state index in [1.165, 1.54) is 30.6 Å². The third kappa shape index (κ3) is 6.43. The number of nitrogens with two attached hydrogens (primary N) is 2. The molecule has 0 aliphatic carbocycles. The molecule has 0 unspecified atom stereocenters. The molecule has 238 valence electrons. The van der Waals surface area contributed by atoms with Crippen LogP contribution in [0, 0.1) is 11.6 Å². The van der Waals surface area contributed by atoms with Crippen molar-refractivity contribution in [2.24, 2.45) is 5.73 Å². The van der Waals surface area contributed by atoms with E-state index in [1.807, 2.05) is 0 Å². The number of nitrogen functional groups attached to an aromatic ring is 1. The largest absolute Gasteiger partial charge is 0.494 e. The van der Waals surface area contributed by atoms with Crippen LogP contribution in [0.4, 0.5) is 13.9 Å². The summed E-state index contributed by atoms with van der Waals surface area (Å²) in [5.41, 5.74) is 10.1. The molecule has 0 radical (unpaired) electrons. The molecule has 2 amide bonds. The average Bonchev–Trinajstić information content (AvgIpc) is 3.42. The number of aromatic nitrogens is 2. The number of benzene rings is 3. The molecule has 14 heteroatoms. The summed E-state index contributed by atoms with van der Waals surface area (Å²) in [6, 6.07) is 14.4. The maximum atomic E-state index is 15.3. The first-order valence-electron chi connectivity index (χ1n) is 13.9. The van der Waals surface area contributed by atoms with Crippen molar-refractivity contribution < 1.29 is 33.0 Å². The van der Waals surface area contributed by atoms with Gasteiger partial charge in [0.05, 0.1) is 42.1 Å². The van der Waals surface area contributed by atoms with E-state index in [0.717, 1.165) is 6.07 Å². The summed E-state index contributed by atoms with van der Waals surface area (Å²) in [4.78, 5) is 34.5. The average molecular weight is 668 g/mol. The fourth-order valence-corrected chi connectivity index (χ4v) is 5.93. The number of halogens is 3. The highest BCUT2D eigenvalue weighted by atomic mass is 35.5. The number of nitrogens with one attached hydrogen (secondary N) is 1. The monoisotopic (exact) mass is 667 g/mol. The molecule has 5 rings (SSSR count). The SMILES string of the molecule is CCOc1c(CC(N)=O)cc([C@@](O)(CNC(=O)c2cc(OC)c3nc(N)sc3c2)c2ccccc2)nc1-c1cc(Cl)c(F)cc1F. The zero-order chi connectivity index (χ0) is 33.2. The molecule has 2 heterocycles. The number of pyridine rings is 1. The second-order valence-corrected chi connectivity index (χ2v) is 11.6. The lowest BCUT2D eigenvalue weighted by atomic mass is 9.87. The molecule has 0 saturated carbocycles. The minimum Gasteiger partial charge on any atom is -0.494 e. The second kappa shape index (κ2) is 13.3. The van der Waals surface area contributed by atoms with Crippen molar-refractivity contribution in [2.75, 3.05) is 26.0 Å². The van der Waals surface area contributed by atoms with Crippen LogP contribution in [0.5, 0.6) is 11.5 Å². The summed E-state index contributed by atoms with van der Waals surface area (Å²) >= 11 is 7.20. The first kappa shape index (κ1) is 32.5. The summed E-state index contributed by atoms with van der Waals surface area (Å²) in [6.07, 6.45) is -0.372. The number of rotatable bonds is 11. The van der Waals surface area contributed by atoms with Crippen LogP contribution in [-0.4, -0.2) is 47.2 Å². The molecule has 3 aromatic carbocycles. The maximum Gasteiger partial charge on any atom is 0.251 e. The van der Waals surface area contributed by atoms with Gasteiger partial charge < -0.3 is 31.4 Å². The Kier molecular flexibility index (Phi) is 9.37. The Balaban J connectivity index is 1.66. The lowest BCUT2D eigenvalue weighted by molar-refractivity contribution is -0.117. The lowest BCUT2D eigenvalue weighted by Gasteiger charge is -2.30. The van der Waals surface area contributed by atoms with Crippen molar-refractivity contribution >= 4 is 50.1 Å². The van der Waals surface area contributed by atoms with Crippen LogP contribution >= 0.6 is 22.9 Å². The predicted octanol–water partition coefficient (Wildman–Crippen LogP) is 4.97. The van der Waals surface area contributed by atoms with Crippen molar-refractivity contribution in [1.29, 1.82) is 0 Å². The highest BCUT2D eigenvalue weighted by molar-refractivity contribution is 7.22. The number of thiazole rings is 1. The Hall–Kier alpha value is -4.85. The van der Waals surface area contributed by atoms with Gasteiger partial charge in [-0.2, -0.15) is 0 Å². The molecule has 46 heavy (non-hydrogen) atoms. The number of nitrogens with zero attached hydrogens (tertiary/aromatic N) is 2. The van der Waals surface area contributed by atoms with E-state index >= 15 is 4.39 Å². The number of aliphatic hydroxyl groups is 1. The number of amides is 2. The highest BCUT2D eigenvalue weighted by Crippen LogP contribution is 2.40. The van der Waals surface area contributed by atoms with Gasteiger partial charge in [-0.05, 0) is 36.8 Å². The molecular weight excluding hydrogens is 640 g/mol. The minimum absolute atomic E-state index is 0.00435. The van der Waals surface area contributed by atoms with Gasteiger partial charge in [0.2, 0.25) is 5.91 Å². The predicted molar refractivity (Wildman–Crippen MR) is 171 cm³/mol. The topological polar surface area (TPSA) is 163 Å². The van der Waals surface area contributed by atoms with Gasteiger partial charge in [0.15, 0.2) is 5.13 Å². The molecule has 0 aliphatic rings. The first-order valence-corrected chi connectivity index (χ1v) is 15.0. The fourth-order valence-electron chi connectivity index (χ4n) is 4.98. The molecule has 0 saturated heterocycles. The Bertz CT molecular complexity index is 1960. The van der Waals surface area contributed by atoms with E-state index in [-0.39, 0.29) is 51.9 Å². The number of anilines is 1. The molecule has 5 aromatic rings. The van der Waals surface area contributed by atoms with Crippen molar-refractivity contribution in [3.05, 3.63) is 99.7 Å². The number of fused-ring (bicyclic) bond motifs is 1. The number of methoxy groups -OCH3 is 1. The van der Waals surface area contributed by atoms with Crippen molar-refractivity contribution in [1.82, 2.24) is 15.3 Å². The first-order chi connectivity index (χ1) is 21.9. The molecule has 0 fully saturated rings. The van der Waals surface area contributed by atoms with E-state index in [2.05, 4.69) is 15.3 Å². The van der Waals surface area contributed by atoms with Gasteiger partial charge in [0.25, 0.3) is 5.91 Å². The van der Waals surface area contributed by atoms with Gasteiger partial charge in [-0.15, -0.1) is 0 Å². The Morgan fingerprint density at radius 2 is 1.83 bits per heavy atom. The van der Waals surface area contributed by atoms with E-state index in [1.54, 1.807) is 43.3 Å². The van der Waals surface area contributed by atoms with Crippen LogP contribution < -0.4 is 26.3 Å². The number of primary amides is 1. The van der Waals surface area contributed by atoms with E-state index in [0.29, 0.717) is 32.7 Å². The number of hydrogen-bond donors (Lipinski definition) is 4. The number of carbonyl (C=O) groups excluding carboxylic acids is 2. The molecular formula is C32H28ClF2N5O5S. The van der Waals surface area contributed by atoms with Gasteiger partial charge in [-0.1, -0.05) is 53.3 Å². The highest BCUT2D eigenvalue weighted by Gasteiger charge is 2.36. The van der Waals surface area contributed by atoms with Crippen molar-refractivity contribution in [3.8, 4) is 22.8 Å². The Labute approximate surface area is 270 Å². The fraction of sp³-hybridized carbons (Fsp3) is 0.188. The second-order valence-electron chi connectivity index (χ2n) is 10.2. The molecule has 0 bridgehead atoms. The Morgan fingerprint density at radius 1 is 1.09 bits per heavy atom. The summed E-state index contributed by atoms with van der Waals surface area (Å²) in [5, 5.41) is 15.0. The quantitative estimate of drug-likeness (QED) is 0.144. The van der Waals surface area contributed by atoms with Crippen LogP contribution in [0.3, 0.4) is 0 Å². The van der Waals surface area contributed by atoms with E-state index < -0.39 is 35.6 Å². The number of carbonyl (C=O) groups is 2. The number of ether oxygens (including phenoxy) is 2. The minimum atomic E-state index is -2.05. The Morgan fingerprint density at radius 3 is 2.50 bits per heavy atom. The van der Waals surface area contributed by atoms with Crippen LogP contribution in [-0.2, 0) is 16.8 Å². The van der Waals surface area contributed by atoms with Crippen molar-refractivity contribution in [2.45, 2.75) is 18.9 Å². The van der Waals surface area contributed by atoms with Gasteiger partial charge in [-0.25, -0.2) is 18.7 Å². The zero-order valence-corrected chi connectivity index (χ0v) is 26.1. The maximum absolute atomic E-state index is 15.3. The lowest BCUT2D eigenvalue weighted by Crippen LogP contribution is -2.42. The van der Waals surface area contributed by atoms with E-state index in [9.17, 15) is 19.1 Å². The van der Waals surface area contributed by atoms with Crippen LogP contribution in [0.25, 0.3) is 21.5 Å². The van der Waals surface area contributed by atoms with Crippen LogP contribution in [0.15, 0.2) is 60.7 Å². The normalized spacial score (nSPS) is 12.5. The molecule has 0 aliphatic heterocycles. The van der Waals surface area contributed by atoms with Crippen molar-refractivity contribution in [3.63, 3.8) is 0 Å². The van der Waals surface area contributed by atoms with Gasteiger partial charge in [0.1, 0.15) is 39.9 Å². The standard InChI is InChI=1S/C32H28ClF2N5O5S/c1-3-45-29-16(12-26(36)41)11-25(39-27(29)19-13-20(33)22(35)14-21(19)34)32(43,18-7-5-4-6-8-18)15-38-30(42)17-9-23(44-2)28-24(10-17)46-31(37)40-28/h4-11,13-14,43H,3,12,15H2,1-2H3,(H2,36,41)(H2,37,40)(H,38,42)/t32-/m1/s1. The zero-order valence-electron chi connectivity index (χ0n) is 24.6. The van der Waals surface area contributed by atoms with E-state index in [4.69, 9.17) is 32.5 Å². The van der Waals surface area contributed by atoms with Gasteiger partial charge >= 0.3 is 0 Å². The summed E-state index contributed by atoms with van der Waals surface area (Å²) in [5.74, 6) is -2.98. The molecule has 10 nitrogen and oxygen atoms in total. The number of hydrogen-bond acceptors (Lipinski definition) is 9. The summed E-state index contributed by atoms with van der Waals surface area (Å²) < 4.78 is 41.2. The third-order valence-corrected chi connectivity index (χ3v) is 8.23. The summed E-state index contributed by atoms with van der Waals surface area (Å²) in [7, 11) is 1.44.